The Labute approximate surface area is 121 Å². The minimum atomic E-state index is 0.308. The lowest BCUT2D eigenvalue weighted by Gasteiger charge is -2.09. The molecule has 1 aromatic carbocycles. The monoisotopic (exact) mass is 280 g/mol. The Hall–Kier alpha value is -3.07. The van der Waals surface area contributed by atoms with Gasteiger partial charge in [-0.25, -0.2) is 0 Å². The summed E-state index contributed by atoms with van der Waals surface area (Å²) in [6, 6.07) is 11.2. The summed E-state index contributed by atoms with van der Waals surface area (Å²) < 4.78 is 10.5. The number of nitrogens with one attached hydrogen (secondary N) is 1. The molecule has 0 spiro atoms. The smallest absolute Gasteiger partial charge is 0.247 e. The molecule has 0 saturated carbocycles. The Kier molecular flexibility index (Phi) is 3.39. The summed E-state index contributed by atoms with van der Waals surface area (Å²) in [7, 11) is 0. The molecule has 2 aromatic heterocycles. The molecule has 6 nitrogen and oxygen atoms in total. The van der Waals surface area contributed by atoms with Crippen LogP contribution in [0.15, 0.2) is 45.6 Å². The molecule has 0 aliphatic rings. The van der Waals surface area contributed by atoms with Crippen molar-refractivity contribution in [1.82, 2.24) is 10.2 Å². The number of nitrogens with zero attached hydrogens (tertiary/aromatic N) is 3. The Balaban J connectivity index is 1.78. The molecule has 104 valence electrons. The third-order valence-corrected chi connectivity index (χ3v) is 3.07. The van der Waals surface area contributed by atoms with Crippen molar-refractivity contribution in [3.8, 4) is 17.5 Å². The molecule has 6 heteroatoms. The molecule has 0 amide bonds. The summed E-state index contributed by atoms with van der Waals surface area (Å²) in [5, 5.41) is 19.6. The van der Waals surface area contributed by atoms with Crippen molar-refractivity contribution in [1.29, 1.82) is 5.26 Å². The van der Waals surface area contributed by atoms with Crippen LogP contribution in [-0.4, -0.2) is 10.2 Å². The fourth-order valence-electron chi connectivity index (χ4n) is 1.96. The normalized spacial score (nSPS) is 10.3. The first kappa shape index (κ1) is 12.9. The van der Waals surface area contributed by atoms with Crippen LogP contribution in [0.5, 0.6) is 0 Å². The average molecular weight is 280 g/mol. The van der Waals surface area contributed by atoms with Crippen LogP contribution in [0.1, 0.15) is 17.1 Å². The maximum Gasteiger partial charge on any atom is 0.247 e. The van der Waals surface area contributed by atoms with Gasteiger partial charge in [-0.15, -0.1) is 10.2 Å². The standard InChI is InChI=1S/C15H12N4O2/c1-10-2-3-11(15-19-18-9-20-15)6-14(10)17-8-13-5-4-12(7-16)21-13/h2-6,9,17H,8H2,1H3. The zero-order chi connectivity index (χ0) is 14.7. The van der Waals surface area contributed by atoms with E-state index in [1.54, 1.807) is 12.1 Å². The second kappa shape index (κ2) is 5.51. The maximum atomic E-state index is 8.73. The lowest BCUT2D eigenvalue weighted by Crippen LogP contribution is -2.00. The molecular weight excluding hydrogens is 268 g/mol. The van der Waals surface area contributed by atoms with E-state index in [-0.39, 0.29) is 0 Å². The van der Waals surface area contributed by atoms with Gasteiger partial charge in [0, 0.05) is 11.3 Å². The number of aromatic nitrogens is 2. The zero-order valence-corrected chi connectivity index (χ0v) is 11.3. The molecule has 0 radical (unpaired) electrons. The van der Waals surface area contributed by atoms with Crippen LogP contribution >= 0.6 is 0 Å². The zero-order valence-electron chi connectivity index (χ0n) is 11.3. The van der Waals surface area contributed by atoms with Gasteiger partial charge in [0.25, 0.3) is 0 Å². The molecule has 0 unspecified atom stereocenters. The van der Waals surface area contributed by atoms with E-state index in [9.17, 15) is 0 Å². The third kappa shape index (κ3) is 2.77. The molecule has 0 aliphatic heterocycles. The van der Waals surface area contributed by atoms with Gasteiger partial charge in [0.05, 0.1) is 6.54 Å². The van der Waals surface area contributed by atoms with E-state index in [1.165, 1.54) is 6.39 Å². The van der Waals surface area contributed by atoms with E-state index in [0.717, 1.165) is 16.8 Å². The number of nitriles is 1. The number of hydrogen-bond acceptors (Lipinski definition) is 6. The minimum Gasteiger partial charge on any atom is -0.449 e. The molecule has 0 aliphatic carbocycles. The van der Waals surface area contributed by atoms with Crippen LogP contribution in [-0.2, 0) is 6.54 Å². The van der Waals surface area contributed by atoms with Gasteiger partial charge in [0.15, 0.2) is 0 Å². The van der Waals surface area contributed by atoms with Crippen LogP contribution in [0.2, 0.25) is 0 Å². The summed E-state index contributed by atoms with van der Waals surface area (Å²) in [5.41, 5.74) is 2.88. The van der Waals surface area contributed by atoms with Gasteiger partial charge in [-0.2, -0.15) is 5.26 Å². The van der Waals surface area contributed by atoms with Gasteiger partial charge in [-0.05, 0) is 36.8 Å². The number of anilines is 1. The predicted molar refractivity (Wildman–Crippen MR) is 75.2 cm³/mol. The predicted octanol–water partition coefficient (Wildman–Crippen LogP) is 3.12. The van der Waals surface area contributed by atoms with Crippen molar-refractivity contribution in [2.45, 2.75) is 13.5 Å². The Morgan fingerprint density at radius 2 is 2.19 bits per heavy atom. The summed E-state index contributed by atoms with van der Waals surface area (Å²) >= 11 is 0. The topological polar surface area (TPSA) is 87.9 Å². The molecular formula is C15H12N4O2. The van der Waals surface area contributed by atoms with Gasteiger partial charge < -0.3 is 14.2 Å². The van der Waals surface area contributed by atoms with Gasteiger partial charge >= 0.3 is 0 Å². The fourth-order valence-corrected chi connectivity index (χ4v) is 1.96. The van der Waals surface area contributed by atoms with Crippen molar-refractivity contribution in [2.75, 3.05) is 5.32 Å². The lowest BCUT2D eigenvalue weighted by molar-refractivity contribution is 0.506. The van der Waals surface area contributed by atoms with E-state index < -0.39 is 0 Å². The molecule has 21 heavy (non-hydrogen) atoms. The number of furan rings is 1. The van der Waals surface area contributed by atoms with E-state index in [4.69, 9.17) is 14.1 Å². The third-order valence-electron chi connectivity index (χ3n) is 3.07. The van der Waals surface area contributed by atoms with Crippen LogP contribution in [0.4, 0.5) is 5.69 Å². The number of hydrogen-bond donors (Lipinski definition) is 1. The van der Waals surface area contributed by atoms with Crippen molar-refractivity contribution in [3.05, 3.63) is 53.8 Å². The van der Waals surface area contributed by atoms with E-state index in [2.05, 4.69) is 15.5 Å². The highest BCUT2D eigenvalue weighted by Gasteiger charge is 2.07. The Bertz CT molecular complexity index is 784. The summed E-state index contributed by atoms with van der Waals surface area (Å²) in [5.74, 6) is 1.49. The number of benzene rings is 1. The molecule has 3 rings (SSSR count). The second-order valence-corrected chi connectivity index (χ2v) is 4.50. The molecule has 2 heterocycles. The minimum absolute atomic E-state index is 0.308. The van der Waals surface area contributed by atoms with Crippen LogP contribution < -0.4 is 5.32 Å². The Morgan fingerprint density at radius 3 is 2.90 bits per heavy atom. The first-order valence-electron chi connectivity index (χ1n) is 6.36. The Morgan fingerprint density at radius 1 is 1.29 bits per heavy atom. The van der Waals surface area contributed by atoms with Gasteiger partial charge in [0.1, 0.15) is 11.8 Å². The first-order valence-corrected chi connectivity index (χ1v) is 6.36. The lowest BCUT2D eigenvalue weighted by atomic mass is 10.1. The van der Waals surface area contributed by atoms with Crippen LogP contribution in [0, 0.1) is 18.3 Å². The molecule has 0 fully saturated rings. The summed E-state index contributed by atoms with van der Waals surface area (Å²) in [4.78, 5) is 0. The largest absolute Gasteiger partial charge is 0.449 e. The van der Waals surface area contributed by atoms with Crippen molar-refractivity contribution >= 4 is 5.69 Å². The number of rotatable bonds is 4. The second-order valence-electron chi connectivity index (χ2n) is 4.50. The van der Waals surface area contributed by atoms with E-state index in [0.29, 0.717) is 24.0 Å². The maximum absolute atomic E-state index is 8.73. The number of aryl methyl sites for hydroxylation is 1. The highest BCUT2D eigenvalue weighted by atomic mass is 16.4. The summed E-state index contributed by atoms with van der Waals surface area (Å²) in [6.07, 6.45) is 1.30. The quantitative estimate of drug-likeness (QED) is 0.790. The highest BCUT2D eigenvalue weighted by Crippen LogP contribution is 2.24. The highest BCUT2D eigenvalue weighted by molar-refractivity contribution is 5.64. The SMILES string of the molecule is Cc1ccc(-c2nnco2)cc1NCc1ccc(C#N)o1. The van der Waals surface area contributed by atoms with Gasteiger partial charge in [0.2, 0.25) is 18.0 Å². The van der Waals surface area contributed by atoms with Crippen molar-refractivity contribution in [3.63, 3.8) is 0 Å². The van der Waals surface area contributed by atoms with Gasteiger partial charge in [-0.1, -0.05) is 6.07 Å². The van der Waals surface area contributed by atoms with E-state index in [1.807, 2.05) is 31.2 Å². The van der Waals surface area contributed by atoms with Crippen molar-refractivity contribution in [2.24, 2.45) is 0 Å². The van der Waals surface area contributed by atoms with Gasteiger partial charge in [-0.3, -0.25) is 0 Å². The van der Waals surface area contributed by atoms with Crippen molar-refractivity contribution < 1.29 is 8.83 Å². The molecule has 1 N–H and O–H groups in total. The molecule has 0 bridgehead atoms. The van der Waals surface area contributed by atoms with Crippen LogP contribution in [0.25, 0.3) is 11.5 Å². The fraction of sp³-hybridized carbons (Fsp3) is 0.133. The molecule has 0 saturated heterocycles. The first-order chi connectivity index (χ1) is 10.3. The van der Waals surface area contributed by atoms with Crippen LogP contribution in [0.3, 0.4) is 0 Å². The van der Waals surface area contributed by atoms with E-state index >= 15 is 0 Å². The molecule has 3 aromatic rings. The average Bonchev–Trinajstić information content (AvgIpc) is 3.18. The summed E-state index contributed by atoms with van der Waals surface area (Å²) in [6.45, 7) is 2.50. The molecule has 0 atom stereocenters.